The summed E-state index contributed by atoms with van der Waals surface area (Å²) in [7, 11) is 0. The summed E-state index contributed by atoms with van der Waals surface area (Å²) in [6, 6.07) is 0. The third-order valence-corrected chi connectivity index (χ3v) is 4.01. The normalized spacial score (nSPS) is 29.3. The van der Waals surface area contributed by atoms with Crippen LogP contribution in [0.4, 0.5) is 0 Å². The summed E-state index contributed by atoms with van der Waals surface area (Å²) in [4.78, 5) is 4.58. The molecule has 2 N–H and O–H groups in total. The van der Waals surface area contributed by atoms with Crippen molar-refractivity contribution >= 4 is 0 Å². The first-order valence-corrected chi connectivity index (χ1v) is 7.16. The second-order valence-electron chi connectivity index (χ2n) is 5.51. The molecule has 1 aromatic rings. The van der Waals surface area contributed by atoms with Crippen LogP contribution >= 0.6 is 0 Å². The number of nitrogens with zero attached hydrogens (tertiary/aromatic N) is 2. The Morgan fingerprint density at radius 2 is 1.94 bits per heavy atom. The van der Waals surface area contributed by atoms with E-state index in [2.05, 4.69) is 20.8 Å². The quantitative estimate of drug-likeness (QED) is 0.840. The van der Waals surface area contributed by atoms with E-state index in [1.807, 2.05) is 0 Å². The van der Waals surface area contributed by atoms with E-state index in [9.17, 15) is 0 Å². The monoisotopic (exact) mass is 250 g/mol. The number of hydrogen-bond donors (Lipinski definition) is 2. The number of hydrogen-bond acceptors (Lipinski definition) is 5. The van der Waals surface area contributed by atoms with E-state index in [1.165, 1.54) is 25.7 Å². The molecule has 3 rings (SSSR count). The first kappa shape index (κ1) is 12.1. The van der Waals surface area contributed by atoms with E-state index < -0.39 is 0 Å². The number of rotatable bonds is 3. The van der Waals surface area contributed by atoms with Crippen LogP contribution in [0.3, 0.4) is 0 Å². The second kappa shape index (κ2) is 5.80. The van der Waals surface area contributed by atoms with Crippen molar-refractivity contribution in [3.63, 3.8) is 0 Å². The van der Waals surface area contributed by atoms with E-state index >= 15 is 0 Å². The zero-order valence-electron chi connectivity index (χ0n) is 10.8. The van der Waals surface area contributed by atoms with Crippen LogP contribution in [0.15, 0.2) is 4.52 Å². The van der Waals surface area contributed by atoms with Gasteiger partial charge in [-0.3, -0.25) is 0 Å². The average Bonchev–Trinajstić information content (AvgIpc) is 2.89. The van der Waals surface area contributed by atoms with Gasteiger partial charge in [0.05, 0.1) is 0 Å². The van der Waals surface area contributed by atoms with E-state index in [0.29, 0.717) is 11.8 Å². The zero-order valence-corrected chi connectivity index (χ0v) is 10.8. The molecular formula is C13H22N4O. The highest BCUT2D eigenvalue weighted by Gasteiger charge is 2.22. The lowest BCUT2D eigenvalue weighted by Gasteiger charge is -2.21. The van der Waals surface area contributed by atoms with Crippen LogP contribution in [-0.2, 0) is 6.42 Å². The van der Waals surface area contributed by atoms with Crippen molar-refractivity contribution < 1.29 is 4.52 Å². The lowest BCUT2D eigenvalue weighted by molar-refractivity contribution is 0.312. The molecular weight excluding hydrogens is 228 g/mol. The molecule has 0 amide bonds. The Labute approximate surface area is 108 Å². The first-order chi connectivity index (χ1) is 8.92. The third kappa shape index (κ3) is 2.90. The molecule has 5 nitrogen and oxygen atoms in total. The van der Waals surface area contributed by atoms with E-state index in [1.54, 1.807) is 0 Å². The van der Waals surface area contributed by atoms with Crippen LogP contribution in [0.5, 0.6) is 0 Å². The maximum Gasteiger partial charge on any atom is 0.226 e. The predicted molar refractivity (Wildman–Crippen MR) is 68.4 cm³/mol. The highest BCUT2D eigenvalue weighted by Crippen LogP contribution is 2.22. The SMILES string of the molecule is C1CNCC(Cc2nc(C3CCCNC3)no2)C1. The van der Waals surface area contributed by atoms with Crippen LogP contribution in [0.2, 0.25) is 0 Å². The van der Waals surface area contributed by atoms with Crippen LogP contribution in [-0.4, -0.2) is 36.3 Å². The Hall–Kier alpha value is -0.940. The Balaban J connectivity index is 1.58. The fraction of sp³-hybridized carbons (Fsp3) is 0.846. The third-order valence-electron chi connectivity index (χ3n) is 4.01. The summed E-state index contributed by atoms with van der Waals surface area (Å²) >= 11 is 0. The fourth-order valence-corrected chi connectivity index (χ4v) is 2.93. The van der Waals surface area contributed by atoms with Crippen LogP contribution in [0.1, 0.15) is 43.3 Å². The molecule has 2 aliphatic heterocycles. The van der Waals surface area contributed by atoms with Crippen molar-refractivity contribution in [2.24, 2.45) is 5.92 Å². The maximum atomic E-state index is 5.40. The Bertz CT molecular complexity index is 367. The van der Waals surface area contributed by atoms with E-state index in [4.69, 9.17) is 4.52 Å². The minimum Gasteiger partial charge on any atom is -0.339 e. The van der Waals surface area contributed by atoms with Gasteiger partial charge in [0, 0.05) is 18.9 Å². The largest absolute Gasteiger partial charge is 0.339 e. The molecule has 0 aromatic carbocycles. The molecule has 0 saturated carbocycles. The Morgan fingerprint density at radius 1 is 1.11 bits per heavy atom. The minimum absolute atomic E-state index is 0.445. The first-order valence-electron chi connectivity index (χ1n) is 7.16. The van der Waals surface area contributed by atoms with Gasteiger partial charge >= 0.3 is 0 Å². The summed E-state index contributed by atoms with van der Waals surface area (Å²) in [6.45, 7) is 4.35. The van der Waals surface area contributed by atoms with Crippen molar-refractivity contribution in [2.45, 2.75) is 38.0 Å². The summed E-state index contributed by atoms with van der Waals surface area (Å²) in [5, 5.41) is 11.0. The van der Waals surface area contributed by atoms with E-state index in [0.717, 1.165) is 44.3 Å². The van der Waals surface area contributed by atoms with Crippen molar-refractivity contribution in [3.8, 4) is 0 Å². The summed E-state index contributed by atoms with van der Waals surface area (Å²) in [5.74, 6) is 2.84. The highest BCUT2D eigenvalue weighted by molar-refractivity contribution is 4.99. The summed E-state index contributed by atoms with van der Waals surface area (Å²) in [6.07, 6.45) is 5.85. The lowest BCUT2D eigenvalue weighted by atomic mass is 9.96. The summed E-state index contributed by atoms with van der Waals surface area (Å²) < 4.78 is 5.40. The Kier molecular flexibility index (Phi) is 3.90. The maximum absolute atomic E-state index is 5.40. The molecule has 0 radical (unpaired) electrons. The number of piperidine rings is 2. The zero-order chi connectivity index (χ0) is 12.2. The smallest absolute Gasteiger partial charge is 0.226 e. The molecule has 0 aliphatic carbocycles. The van der Waals surface area contributed by atoms with Crippen molar-refractivity contribution in [1.29, 1.82) is 0 Å². The lowest BCUT2D eigenvalue weighted by Crippen LogP contribution is -2.31. The number of nitrogens with one attached hydrogen (secondary N) is 2. The molecule has 2 aliphatic rings. The molecule has 0 bridgehead atoms. The molecule has 5 heteroatoms. The molecule has 100 valence electrons. The molecule has 2 atom stereocenters. The molecule has 1 aromatic heterocycles. The molecule has 2 saturated heterocycles. The summed E-state index contributed by atoms with van der Waals surface area (Å²) in [5.41, 5.74) is 0. The van der Waals surface area contributed by atoms with Gasteiger partial charge in [0.25, 0.3) is 0 Å². The van der Waals surface area contributed by atoms with Gasteiger partial charge in [-0.25, -0.2) is 0 Å². The molecule has 3 heterocycles. The van der Waals surface area contributed by atoms with Crippen LogP contribution < -0.4 is 10.6 Å². The van der Waals surface area contributed by atoms with Gasteiger partial charge in [-0.1, -0.05) is 5.16 Å². The van der Waals surface area contributed by atoms with E-state index in [-0.39, 0.29) is 0 Å². The van der Waals surface area contributed by atoms with Crippen molar-refractivity contribution in [2.75, 3.05) is 26.2 Å². The van der Waals surface area contributed by atoms with Gasteiger partial charge in [0.2, 0.25) is 5.89 Å². The molecule has 2 unspecified atom stereocenters. The van der Waals surface area contributed by atoms with Gasteiger partial charge in [0.15, 0.2) is 5.82 Å². The van der Waals surface area contributed by atoms with Gasteiger partial charge < -0.3 is 15.2 Å². The van der Waals surface area contributed by atoms with Gasteiger partial charge in [0.1, 0.15) is 0 Å². The fourth-order valence-electron chi connectivity index (χ4n) is 2.93. The van der Waals surface area contributed by atoms with Crippen molar-refractivity contribution in [3.05, 3.63) is 11.7 Å². The Morgan fingerprint density at radius 3 is 2.67 bits per heavy atom. The van der Waals surface area contributed by atoms with Crippen molar-refractivity contribution in [1.82, 2.24) is 20.8 Å². The predicted octanol–water partition coefficient (Wildman–Crippen LogP) is 1.08. The topological polar surface area (TPSA) is 63.0 Å². The highest BCUT2D eigenvalue weighted by atomic mass is 16.5. The minimum atomic E-state index is 0.445. The molecule has 2 fully saturated rings. The standard InChI is InChI=1S/C13H22N4O/c1-3-10(8-14-5-1)7-12-16-13(17-18-12)11-4-2-6-15-9-11/h10-11,14-15H,1-9H2. The van der Waals surface area contributed by atoms with Gasteiger partial charge in [-0.2, -0.15) is 4.98 Å². The molecule has 0 spiro atoms. The second-order valence-corrected chi connectivity index (χ2v) is 5.51. The average molecular weight is 250 g/mol. The van der Waals surface area contributed by atoms with Gasteiger partial charge in [-0.15, -0.1) is 0 Å². The number of aromatic nitrogens is 2. The molecule has 18 heavy (non-hydrogen) atoms. The van der Waals surface area contributed by atoms with Crippen LogP contribution in [0.25, 0.3) is 0 Å². The van der Waals surface area contributed by atoms with Gasteiger partial charge in [-0.05, 0) is 51.2 Å². The van der Waals surface area contributed by atoms with Crippen LogP contribution in [0, 0.1) is 5.92 Å².